The summed E-state index contributed by atoms with van der Waals surface area (Å²) in [4.78, 5) is 177. The Labute approximate surface area is 757 Å². The Morgan fingerprint density at radius 3 is 1.81 bits per heavy atom. The number of likely N-dealkylation sites (tertiary alicyclic amines) is 1. The van der Waals surface area contributed by atoms with E-state index >= 15 is 37.2 Å². The van der Waals surface area contributed by atoms with Gasteiger partial charge in [-0.3, -0.25) is 53.4 Å². The highest BCUT2D eigenvalue weighted by molar-refractivity contribution is 7.89. The molecule has 10 atom stereocenters. The number of carbonyl (C=O) groups is 12. The van der Waals surface area contributed by atoms with Crippen molar-refractivity contribution in [2.24, 2.45) is 23.3 Å². The van der Waals surface area contributed by atoms with E-state index in [2.05, 4.69) is 59.7 Å². The summed E-state index contributed by atoms with van der Waals surface area (Å²) in [6.45, 7) is 30.5. The molecule has 0 bridgehead atoms. The number of fused-ring (bicyclic) bond motifs is 1. The molecule has 1 fully saturated rings. The Hall–Kier alpha value is -12.0. The quantitative estimate of drug-likeness (QED) is 0.00575. The van der Waals surface area contributed by atoms with Crippen LogP contribution in [0.5, 0.6) is 5.75 Å². The summed E-state index contributed by atoms with van der Waals surface area (Å²) in [7, 11) is -5.36. The van der Waals surface area contributed by atoms with E-state index in [9.17, 15) is 33.9 Å². The first kappa shape index (κ1) is 104. The van der Waals surface area contributed by atoms with Crippen LogP contribution in [0, 0.1) is 49.9 Å². The molecule has 0 aliphatic carbocycles. The fourth-order valence-electron chi connectivity index (χ4n) is 15.0. The van der Waals surface area contributed by atoms with Crippen LogP contribution in [0.2, 0.25) is 0 Å². The zero-order chi connectivity index (χ0) is 95.8. The number of ether oxygens (including phenoxy) is 4. The molecular formula is C95H132N14O19S. The lowest BCUT2D eigenvalue weighted by Crippen LogP contribution is -2.63. The van der Waals surface area contributed by atoms with Gasteiger partial charge in [0.25, 0.3) is 21.8 Å². The number of carbonyl (C=O) groups excluding carboxylic acids is 11. The summed E-state index contributed by atoms with van der Waals surface area (Å²) in [6, 6.07) is 16.0. The van der Waals surface area contributed by atoms with E-state index < -0.39 is 189 Å². The third-order valence-corrected chi connectivity index (χ3v) is 23.7. The van der Waals surface area contributed by atoms with Gasteiger partial charge in [0.2, 0.25) is 41.4 Å². The van der Waals surface area contributed by atoms with Gasteiger partial charge in [0.05, 0.1) is 29.1 Å². The highest BCUT2D eigenvalue weighted by Gasteiger charge is 2.49. The van der Waals surface area contributed by atoms with Gasteiger partial charge >= 0.3 is 18.0 Å². The molecule has 0 unspecified atom stereocenters. The number of hydrogen-bond donors (Lipinski definition) is 13. The smallest absolute Gasteiger partial charge is 0.407 e. The molecule has 7 rings (SSSR count). The van der Waals surface area contributed by atoms with Crippen LogP contribution in [-0.2, 0) is 91.4 Å². The van der Waals surface area contributed by atoms with Crippen LogP contribution in [0.3, 0.4) is 0 Å². The largest absolute Gasteiger partial charge is 0.487 e. The van der Waals surface area contributed by atoms with Gasteiger partial charge in [0.15, 0.2) is 5.96 Å². The summed E-state index contributed by atoms with van der Waals surface area (Å²) in [5.41, 5.74) is 12.3. The standard InChI is InChI=1S/C95H132N14O19S/c1-19-57(4)77(88(119)109(129(123,124)79-59(6)58(5)78-67(60(79)7)54-95(17,18)127-78)75(42-31-47-99-90(97)98)86(117)102-69(89(120)121)41-28-29-46-100-91(122)128-94(14,15)16)107-84(115)72(52-62-35-24-21-25-36-62)104-81(112)70(49-56(2)3)103-83(114)73(53-76(110)126-93(11,12)13)105-82(113)71(51-61-33-22-20-23-34-61)106-85(116)74-43-32-48-108(74)87(118)66-40-27-26-38-64(66)45-44-63-37-30-39-65(50-63)101-80(111)68(96)55-125-92(8,9)10/h20-27,30,33-40,50,56-57,68-75,77H,19,28-29,31-32,41-43,46-49,51-55,96H2,1-18H3,(H,100,122)(H,101,111)(H,102,117)(H,103,114)(H,104,112)(H,105,113)(H,106,116)(H,107,115)(H,120,121)(H4,97,98,99)/t57-,68-,69-,70-,71-,72-,73-,74-,75-,77-/m0/s1. The normalized spacial score (nSPS) is 15.7. The van der Waals surface area contributed by atoms with Crippen molar-refractivity contribution in [2.45, 2.75) is 290 Å². The highest BCUT2D eigenvalue weighted by Crippen LogP contribution is 2.45. The molecule has 2 aliphatic heterocycles. The number of guanidine groups is 1. The first-order valence-electron chi connectivity index (χ1n) is 43.9. The van der Waals surface area contributed by atoms with Crippen molar-refractivity contribution in [1.29, 1.82) is 5.41 Å². The number of nitrogens with zero attached hydrogens (tertiary/aromatic N) is 2. The SMILES string of the molecule is CC[C@H](C)[C@H](NC(=O)[C@H](Cc1ccccc1)NC(=O)[C@H](CC(C)C)NC(=O)[C@H](CC(=O)OC(C)(C)C)NC(=O)[C@H](Cc1ccccc1)NC(=O)[C@@H]1CCCN1C(=O)c1ccccc1C#Cc1cccc(NC(=O)[C@@H](N)COC(C)(C)C)c1)C(=O)N([C@@H](CCCNC(=N)N)C(=O)N[C@@H](CCCCNC(=O)OC(C)(C)C)C(=O)O)S(=O)(=O)c1c(C)c(C)c2c(c1C)CC(C)(C)O2. The van der Waals surface area contributed by atoms with Gasteiger partial charge < -0.3 is 88.3 Å². The number of esters is 1. The van der Waals surface area contributed by atoms with Crippen LogP contribution in [0.25, 0.3) is 0 Å². The average Bonchev–Trinajstić information content (AvgIpc) is 1.66. The monoisotopic (exact) mass is 1800 g/mol. The Bertz CT molecular complexity index is 5030. The van der Waals surface area contributed by atoms with E-state index in [0.29, 0.717) is 55.5 Å². The summed E-state index contributed by atoms with van der Waals surface area (Å²) >= 11 is 0. The van der Waals surface area contributed by atoms with Crippen molar-refractivity contribution in [3.63, 3.8) is 0 Å². The minimum absolute atomic E-state index is 0.0109. The van der Waals surface area contributed by atoms with E-state index in [1.54, 1.807) is 192 Å². The summed E-state index contributed by atoms with van der Waals surface area (Å²) in [6.07, 6.45) is -1.88. The van der Waals surface area contributed by atoms with E-state index in [0.717, 1.165) is 0 Å². The lowest BCUT2D eigenvalue weighted by molar-refractivity contribution is -0.156. The number of nitrogens with two attached hydrogens (primary N) is 2. The van der Waals surface area contributed by atoms with Gasteiger partial charge in [-0.2, -0.15) is 0 Å². The maximum atomic E-state index is 16.5. The minimum atomic E-state index is -5.36. The summed E-state index contributed by atoms with van der Waals surface area (Å²) < 4.78 is 56.4. The van der Waals surface area contributed by atoms with E-state index in [4.69, 9.17) is 35.8 Å². The van der Waals surface area contributed by atoms with Gasteiger partial charge in [0.1, 0.15) is 76.9 Å². The number of aliphatic carboxylic acids is 1. The predicted octanol–water partition coefficient (Wildman–Crippen LogP) is 8.26. The molecule has 34 heteroatoms. The molecule has 0 radical (unpaired) electrons. The Balaban J connectivity index is 1.22. The molecule has 5 aromatic rings. The van der Waals surface area contributed by atoms with Crippen LogP contribution >= 0.6 is 0 Å². The van der Waals surface area contributed by atoms with Gasteiger partial charge in [0, 0.05) is 61.3 Å². The molecule has 33 nitrogen and oxygen atoms in total. The lowest BCUT2D eigenvalue weighted by Gasteiger charge is -2.36. The zero-order valence-corrected chi connectivity index (χ0v) is 78.3. The van der Waals surface area contributed by atoms with Crippen LogP contribution in [-0.4, -0.2) is 203 Å². The number of benzene rings is 5. The lowest BCUT2D eigenvalue weighted by atomic mass is 9.94. The van der Waals surface area contributed by atoms with Crippen LogP contribution in [0.15, 0.2) is 114 Å². The molecule has 702 valence electrons. The number of carboxylic acid groups (broad SMARTS) is 1. The van der Waals surface area contributed by atoms with Gasteiger partial charge in [-0.05, 0) is 218 Å². The number of carboxylic acids is 1. The second kappa shape index (κ2) is 46.3. The number of hydrogen-bond acceptors (Lipinski definition) is 20. The van der Waals surface area contributed by atoms with E-state index in [1.165, 1.54) is 11.8 Å². The molecule has 5 aromatic carbocycles. The fourth-order valence-corrected chi connectivity index (χ4v) is 17.1. The van der Waals surface area contributed by atoms with Crippen molar-refractivity contribution in [1.82, 2.24) is 51.7 Å². The van der Waals surface area contributed by atoms with Crippen LogP contribution in [0.1, 0.15) is 223 Å². The third kappa shape index (κ3) is 31.5. The average molecular weight is 1810 g/mol. The molecular weight excluding hydrogens is 1670 g/mol. The molecule has 2 heterocycles. The molecule has 0 spiro atoms. The minimum Gasteiger partial charge on any atom is -0.487 e. The van der Waals surface area contributed by atoms with Gasteiger partial charge in [-0.15, -0.1) is 0 Å². The predicted molar refractivity (Wildman–Crippen MR) is 488 cm³/mol. The van der Waals surface area contributed by atoms with E-state index in [1.807, 2.05) is 34.6 Å². The van der Waals surface area contributed by atoms with Crippen molar-refractivity contribution in [3.05, 3.63) is 159 Å². The van der Waals surface area contributed by atoms with Crippen molar-refractivity contribution < 1.29 is 90.0 Å². The number of alkyl carbamates (subject to hydrolysis) is 1. The number of rotatable bonds is 41. The van der Waals surface area contributed by atoms with Gasteiger partial charge in [-0.1, -0.05) is 125 Å². The van der Waals surface area contributed by atoms with Crippen LogP contribution in [0.4, 0.5) is 10.5 Å². The van der Waals surface area contributed by atoms with Crippen molar-refractivity contribution in [3.8, 4) is 17.6 Å². The maximum absolute atomic E-state index is 16.5. The summed E-state index contributed by atoms with van der Waals surface area (Å²) in [5.74, 6) is -6.11. The molecule has 0 saturated carbocycles. The molecule has 2 aliphatic rings. The molecule has 10 amide bonds. The number of anilines is 1. The first-order valence-corrected chi connectivity index (χ1v) is 45.3. The zero-order valence-electron chi connectivity index (χ0n) is 77.5. The molecule has 0 aromatic heterocycles. The number of sulfonamides is 1. The summed E-state index contributed by atoms with van der Waals surface area (Å²) in [5, 5.41) is 43.0. The number of unbranched alkanes of at least 4 members (excludes halogenated alkanes) is 1. The van der Waals surface area contributed by atoms with Crippen molar-refractivity contribution in [2.75, 3.05) is 31.6 Å². The Kier molecular flexibility index (Phi) is 37.4. The number of nitrogens with one attached hydrogen (secondary N) is 10. The second-order valence-electron chi connectivity index (χ2n) is 37.0. The topological polar surface area (TPSA) is 487 Å². The number of amides is 10. The van der Waals surface area contributed by atoms with Crippen LogP contribution < -0.4 is 64.1 Å². The third-order valence-electron chi connectivity index (χ3n) is 21.6. The first-order chi connectivity index (χ1) is 60.4. The Morgan fingerprint density at radius 1 is 0.643 bits per heavy atom. The van der Waals surface area contributed by atoms with E-state index in [-0.39, 0.29) is 112 Å². The fraction of sp³-hybridized carbons (Fsp3) is 0.526. The van der Waals surface area contributed by atoms with Gasteiger partial charge in [-0.25, -0.2) is 22.3 Å². The molecule has 15 N–H and O–H groups in total. The highest BCUT2D eigenvalue weighted by atomic mass is 32.2. The van der Waals surface area contributed by atoms with Crippen molar-refractivity contribution >= 4 is 92.9 Å². The molecule has 129 heavy (non-hydrogen) atoms. The Morgan fingerprint density at radius 2 is 1.21 bits per heavy atom. The maximum Gasteiger partial charge on any atom is 0.407 e. The second-order valence-corrected chi connectivity index (χ2v) is 38.7. The molecule has 1 saturated heterocycles.